The molecule has 0 unspecified atom stereocenters. The topological polar surface area (TPSA) is 111 Å². The van der Waals surface area contributed by atoms with Gasteiger partial charge in [0, 0.05) is 40.2 Å². The lowest BCUT2D eigenvalue weighted by Gasteiger charge is -2.21. The molecule has 0 aliphatic carbocycles. The van der Waals surface area contributed by atoms with E-state index in [1.807, 2.05) is 43.3 Å². The molecule has 9 nitrogen and oxygen atoms in total. The highest BCUT2D eigenvalue weighted by Crippen LogP contribution is 2.34. The molecule has 1 aromatic carbocycles. The van der Waals surface area contributed by atoms with Gasteiger partial charge in [0.1, 0.15) is 5.56 Å². The molecule has 27 heavy (non-hydrogen) atoms. The second-order valence-electron chi connectivity index (χ2n) is 6.63. The van der Waals surface area contributed by atoms with Crippen molar-refractivity contribution in [2.24, 2.45) is 12.1 Å². The summed E-state index contributed by atoms with van der Waals surface area (Å²) in [5.74, 6) is -0.762. The van der Waals surface area contributed by atoms with Crippen molar-refractivity contribution in [3.8, 4) is 5.88 Å². The summed E-state index contributed by atoms with van der Waals surface area (Å²) in [5.41, 5.74) is 0.562. The van der Waals surface area contributed by atoms with Crippen molar-refractivity contribution in [1.29, 1.82) is 0 Å². The number of carbonyl (C=O) groups excluding carboxylic acids is 1. The van der Waals surface area contributed by atoms with Gasteiger partial charge in [0.05, 0.1) is 11.8 Å². The fraction of sp³-hybridized carbons (Fsp3) is 0.333. The van der Waals surface area contributed by atoms with E-state index in [1.54, 1.807) is 0 Å². The van der Waals surface area contributed by atoms with Gasteiger partial charge in [-0.15, -0.1) is 0 Å². The average Bonchev–Trinajstić information content (AvgIpc) is 3.05. The van der Waals surface area contributed by atoms with Crippen LogP contribution in [0.1, 0.15) is 30.5 Å². The van der Waals surface area contributed by atoms with Crippen LogP contribution in [0.3, 0.4) is 0 Å². The Morgan fingerprint density at radius 3 is 2.44 bits per heavy atom. The Bertz CT molecular complexity index is 1030. The summed E-state index contributed by atoms with van der Waals surface area (Å²) in [7, 11) is 5.21. The van der Waals surface area contributed by atoms with Crippen LogP contribution in [-0.4, -0.2) is 45.4 Å². The highest BCUT2D eigenvalue weighted by Gasteiger charge is 2.34. The quantitative estimate of drug-likeness (QED) is 0.818. The maximum atomic E-state index is 12.2. The van der Waals surface area contributed by atoms with Gasteiger partial charge in [-0.05, 0) is 17.7 Å². The van der Waals surface area contributed by atoms with Gasteiger partial charge in [0.25, 0.3) is 5.56 Å². The predicted molar refractivity (Wildman–Crippen MR) is 101 cm³/mol. The zero-order valence-corrected chi connectivity index (χ0v) is 15.6. The number of nitrogens with one attached hydrogen (secondary N) is 1. The number of benzene rings is 1. The Morgan fingerprint density at radius 2 is 1.89 bits per heavy atom. The molecule has 1 aliphatic rings. The molecule has 0 radical (unpaired) electrons. The first kappa shape index (κ1) is 18.4. The van der Waals surface area contributed by atoms with E-state index in [9.17, 15) is 19.5 Å². The summed E-state index contributed by atoms with van der Waals surface area (Å²) in [6, 6.07) is 7.27. The lowest BCUT2D eigenvalue weighted by Crippen LogP contribution is -2.32. The smallest absolute Gasteiger partial charge is 0.330 e. The molecule has 0 saturated carbocycles. The molecule has 1 aliphatic heterocycles. The molecule has 0 saturated heterocycles. The summed E-state index contributed by atoms with van der Waals surface area (Å²) in [6.07, 6.45) is 0.246. The summed E-state index contributed by atoms with van der Waals surface area (Å²) in [6.45, 7) is 1.39. The van der Waals surface area contributed by atoms with Gasteiger partial charge >= 0.3 is 5.69 Å². The number of H-pyrrole nitrogens is 1. The molecule has 142 valence electrons. The second kappa shape index (κ2) is 6.75. The minimum absolute atomic E-state index is 0.101. The number of aromatic amines is 1. The van der Waals surface area contributed by atoms with Crippen LogP contribution in [0.2, 0.25) is 0 Å². The summed E-state index contributed by atoms with van der Waals surface area (Å²) >= 11 is 0. The molecule has 9 heteroatoms. The van der Waals surface area contributed by atoms with Gasteiger partial charge in [-0.1, -0.05) is 12.1 Å². The molecule has 2 N–H and O–H groups in total. The number of aromatic hydroxyl groups is 1. The minimum Gasteiger partial charge on any atom is -0.494 e. The van der Waals surface area contributed by atoms with Crippen molar-refractivity contribution >= 4 is 17.3 Å². The van der Waals surface area contributed by atoms with Crippen molar-refractivity contribution in [1.82, 2.24) is 14.6 Å². The predicted octanol–water partition coefficient (Wildman–Crippen LogP) is 0.543. The number of nitrogens with zero attached hydrogens (tertiary/aromatic N) is 4. The van der Waals surface area contributed by atoms with Gasteiger partial charge in [-0.2, -0.15) is 5.10 Å². The van der Waals surface area contributed by atoms with E-state index in [2.05, 4.69) is 10.1 Å². The van der Waals surface area contributed by atoms with E-state index in [1.165, 1.54) is 19.0 Å². The molecule has 1 aromatic heterocycles. The third-order valence-corrected chi connectivity index (χ3v) is 4.61. The zero-order valence-electron chi connectivity index (χ0n) is 15.6. The largest absolute Gasteiger partial charge is 0.494 e. The molecular weight excluding hydrogens is 350 g/mol. The number of hydrogen-bond donors (Lipinski definition) is 2. The van der Waals surface area contributed by atoms with Crippen molar-refractivity contribution in [3.63, 3.8) is 0 Å². The van der Waals surface area contributed by atoms with E-state index >= 15 is 0 Å². The van der Waals surface area contributed by atoms with Crippen molar-refractivity contribution < 1.29 is 9.90 Å². The van der Waals surface area contributed by atoms with Crippen molar-refractivity contribution in [3.05, 3.63) is 56.2 Å². The molecule has 1 atom stereocenters. The number of hydrogen-bond acceptors (Lipinski definition) is 6. The fourth-order valence-corrected chi connectivity index (χ4v) is 3.07. The minimum atomic E-state index is -0.735. The summed E-state index contributed by atoms with van der Waals surface area (Å²) < 4.78 is 0.927. The second-order valence-corrected chi connectivity index (χ2v) is 6.63. The number of hydrazone groups is 1. The van der Waals surface area contributed by atoms with Crippen LogP contribution >= 0.6 is 0 Å². The average molecular weight is 371 g/mol. The molecule has 3 rings (SSSR count). The SMILES string of the molecule is CC(=O)N1N=C(c2c(O)n(C)c(=O)[nH]c2=O)C[C@H]1c1ccc(N(C)C)cc1. The highest BCUT2D eigenvalue weighted by atomic mass is 16.3. The number of anilines is 1. The van der Waals surface area contributed by atoms with Crippen LogP contribution in [0.4, 0.5) is 5.69 Å². The Kier molecular flexibility index (Phi) is 4.61. The standard InChI is InChI=1S/C18H21N5O4/c1-10(24)23-14(11-5-7-12(8-6-11)21(2)3)9-13(20-23)15-16(25)19-18(27)22(4)17(15)26/h5-8,14,26H,9H2,1-4H3,(H,19,25,27)/t14-/m0/s1. The molecule has 2 heterocycles. The van der Waals surface area contributed by atoms with E-state index in [4.69, 9.17) is 0 Å². The molecule has 0 fully saturated rings. The number of rotatable bonds is 3. The Balaban J connectivity index is 2.03. The van der Waals surface area contributed by atoms with Gasteiger partial charge in [-0.3, -0.25) is 19.1 Å². The third kappa shape index (κ3) is 3.23. The molecule has 1 amide bonds. The molecule has 0 bridgehead atoms. The van der Waals surface area contributed by atoms with E-state index in [0.717, 1.165) is 15.8 Å². The van der Waals surface area contributed by atoms with Gasteiger partial charge < -0.3 is 10.0 Å². The highest BCUT2D eigenvalue weighted by molar-refractivity contribution is 6.04. The van der Waals surface area contributed by atoms with Crippen molar-refractivity contribution in [2.75, 3.05) is 19.0 Å². The maximum absolute atomic E-state index is 12.2. The molecule has 0 spiro atoms. The fourth-order valence-electron chi connectivity index (χ4n) is 3.07. The van der Waals surface area contributed by atoms with E-state index < -0.39 is 23.2 Å². The molecule has 2 aromatic rings. The first-order valence-corrected chi connectivity index (χ1v) is 8.38. The Labute approximate surface area is 155 Å². The lowest BCUT2D eigenvalue weighted by molar-refractivity contribution is -0.130. The zero-order chi connectivity index (χ0) is 19.9. The van der Waals surface area contributed by atoms with Gasteiger partial charge in [-0.25, -0.2) is 9.80 Å². The number of carbonyl (C=O) groups is 1. The van der Waals surface area contributed by atoms with Crippen LogP contribution < -0.4 is 16.1 Å². The first-order valence-electron chi connectivity index (χ1n) is 8.38. The summed E-state index contributed by atoms with van der Waals surface area (Å²) in [5, 5.41) is 15.8. The maximum Gasteiger partial charge on any atom is 0.330 e. The van der Waals surface area contributed by atoms with Crippen LogP contribution in [-0.2, 0) is 11.8 Å². The summed E-state index contributed by atoms with van der Waals surface area (Å²) in [4.78, 5) is 40.0. The normalized spacial score (nSPS) is 16.4. The lowest BCUT2D eigenvalue weighted by atomic mass is 9.99. The van der Waals surface area contributed by atoms with Crippen LogP contribution in [0.5, 0.6) is 5.88 Å². The number of aromatic nitrogens is 2. The van der Waals surface area contributed by atoms with Crippen LogP contribution in [0, 0.1) is 0 Å². The van der Waals surface area contributed by atoms with Gasteiger partial charge in [0.15, 0.2) is 0 Å². The van der Waals surface area contributed by atoms with Crippen molar-refractivity contribution in [2.45, 2.75) is 19.4 Å². The first-order chi connectivity index (χ1) is 12.7. The monoisotopic (exact) mass is 371 g/mol. The van der Waals surface area contributed by atoms with Crippen LogP contribution in [0.15, 0.2) is 39.0 Å². The molecular formula is C18H21N5O4. The Hall–Kier alpha value is -3.36. The Morgan fingerprint density at radius 1 is 1.26 bits per heavy atom. The van der Waals surface area contributed by atoms with E-state index in [-0.39, 0.29) is 23.6 Å². The van der Waals surface area contributed by atoms with E-state index in [0.29, 0.717) is 0 Å². The third-order valence-electron chi connectivity index (χ3n) is 4.61. The number of amides is 1. The van der Waals surface area contributed by atoms with Crippen LogP contribution in [0.25, 0.3) is 0 Å². The van der Waals surface area contributed by atoms with Gasteiger partial charge in [0.2, 0.25) is 11.8 Å².